The zero-order valence-electron chi connectivity index (χ0n) is 18.6. The molecule has 2 unspecified atom stereocenters. The molecule has 2 aromatic rings. The average Bonchev–Trinajstić information content (AvgIpc) is 3.21. The number of amides is 1. The molecule has 7 nitrogen and oxygen atoms in total. The number of carbonyl (C=O) groups is 2. The third kappa shape index (κ3) is 4.29. The van der Waals surface area contributed by atoms with Crippen molar-refractivity contribution in [1.29, 1.82) is 0 Å². The fraction of sp³-hybridized carbons (Fsp3) is 0.417. The summed E-state index contributed by atoms with van der Waals surface area (Å²) in [6, 6.07) is 11.5. The number of rotatable bonds is 4. The van der Waals surface area contributed by atoms with Gasteiger partial charge in [0.1, 0.15) is 0 Å². The molecule has 2 heterocycles. The number of nitrogens with zero attached hydrogens (tertiary/aromatic N) is 2. The van der Waals surface area contributed by atoms with E-state index in [0.717, 1.165) is 17.5 Å². The molecule has 2 aliphatic rings. The number of hydrogen-bond acceptors (Lipinski definition) is 5. The minimum Gasteiger partial charge on any atom is -0.465 e. The maximum absolute atomic E-state index is 13.1. The van der Waals surface area contributed by atoms with Gasteiger partial charge in [0.2, 0.25) is 10.0 Å². The topological polar surface area (TPSA) is 84.0 Å². The van der Waals surface area contributed by atoms with E-state index in [1.54, 1.807) is 33.5 Å². The Balaban J connectivity index is 1.48. The standard InChI is InChI=1S/C24H28N2O5S/c1-16-10-17(2)13-26(12-16)32(29,30)22-8-6-18(7-9-22)23(27)25-14-20-5-4-19(24(28)31-3)11-21(20)15-25/h4-9,11,16-17H,10,12-15H2,1-3H3. The van der Waals surface area contributed by atoms with Crippen LogP contribution in [0.25, 0.3) is 0 Å². The predicted octanol–water partition coefficient (Wildman–Crippen LogP) is 3.30. The summed E-state index contributed by atoms with van der Waals surface area (Å²) in [5.74, 6) is 0.0635. The van der Waals surface area contributed by atoms with E-state index in [0.29, 0.717) is 49.1 Å². The van der Waals surface area contributed by atoms with Crippen molar-refractivity contribution >= 4 is 21.9 Å². The van der Waals surface area contributed by atoms with Gasteiger partial charge >= 0.3 is 5.97 Å². The van der Waals surface area contributed by atoms with Gasteiger partial charge in [-0.2, -0.15) is 4.31 Å². The van der Waals surface area contributed by atoms with Crippen molar-refractivity contribution in [2.24, 2.45) is 11.8 Å². The largest absolute Gasteiger partial charge is 0.465 e. The summed E-state index contributed by atoms with van der Waals surface area (Å²) in [6.45, 7) is 6.02. The van der Waals surface area contributed by atoms with E-state index >= 15 is 0 Å². The Kier molecular flexibility index (Phi) is 6.09. The number of methoxy groups -OCH3 is 1. The normalized spacial score (nSPS) is 21.3. The molecule has 0 aliphatic carbocycles. The Morgan fingerprint density at radius 2 is 1.50 bits per heavy atom. The second-order valence-electron chi connectivity index (χ2n) is 8.93. The van der Waals surface area contributed by atoms with Crippen molar-refractivity contribution in [3.05, 3.63) is 64.7 Å². The number of ether oxygens (including phenoxy) is 1. The van der Waals surface area contributed by atoms with Crippen LogP contribution in [0.3, 0.4) is 0 Å². The third-order valence-corrected chi connectivity index (χ3v) is 8.06. The fourth-order valence-corrected chi connectivity index (χ4v) is 6.37. The van der Waals surface area contributed by atoms with Gasteiger partial charge in [-0.1, -0.05) is 19.9 Å². The Hall–Kier alpha value is -2.71. The van der Waals surface area contributed by atoms with E-state index < -0.39 is 16.0 Å². The monoisotopic (exact) mass is 456 g/mol. The number of fused-ring (bicyclic) bond motifs is 1. The summed E-state index contributed by atoms with van der Waals surface area (Å²) in [6.07, 6.45) is 1.03. The number of benzene rings is 2. The summed E-state index contributed by atoms with van der Waals surface area (Å²) in [5, 5.41) is 0. The smallest absolute Gasteiger partial charge is 0.337 e. The number of hydrogen-bond donors (Lipinski definition) is 0. The van der Waals surface area contributed by atoms with Gasteiger partial charge in [-0.3, -0.25) is 4.79 Å². The van der Waals surface area contributed by atoms with Crippen molar-refractivity contribution < 1.29 is 22.7 Å². The quantitative estimate of drug-likeness (QED) is 0.659. The van der Waals surface area contributed by atoms with Crippen LogP contribution in [0.4, 0.5) is 0 Å². The zero-order valence-corrected chi connectivity index (χ0v) is 19.4. The second-order valence-corrected chi connectivity index (χ2v) is 10.9. The molecule has 1 saturated heterocycles. The lowest BCUT2D eigenvalue weighted by Gasteiger charge is -2.34. The molecular formula is C24H28N2O5S. The summed E-state index contributed by atoms with van der Waals surface area (Å²) in [5.41, 5.74) is 2.79. The molecule has 2 aromatic carbocycles. The van der Waals surface area contributed by atoms with Crippen LogP contribution in [-0.4, -0.2) is 49.7 Å². The van der Waals surface area contributed by atoms with Crippen LogP contribution in [0.15, 0.2) is 47.4 Å². The van der Waals surface area contributed by atoms with Crippen molar-refractivity contribution in [2.45, 2.75) is 38.3 Å². The maximum atomic E-state index is 13.1. The van der Waals surface area contributed by atoms with Gasteiger partial charge in [0.05, 0.1) is 17.6 Å². The number of sulfonamides is 1. The van der Waals surface area contributed by atoms with Crippen molar-refractivity contribution in [2.75, 3.05) is 20.2 Å². The van der Waals surface area contributed by atoms with Crippen LogP contribution in [0, 0.1) is 11.8 Å². The van der Waals surface area contributed by atoms with E-state index in [2.05, 4.69) is 13.8 Å². The molecule has 32 heavy (non-hydrogen) atoms. The first-order valence-electron chi connectivity index (χ1n) is 10.8. The lowest BCUT2D eigenvalue weighted by atomic mass is 9.94. The van der Waals surface area contributed by atoms with Crippen molar-refractivity contribution in [3.63, 3.8) is 0 Å². The first-order chi connectivity index (χ1) is 15.2. The highest BCUT2D eigenvalue weighted by atomic mass is 32.2. The number of piperidine rings is 1. The first-order valence-corrected chi connectivity index (χ1v) is 12.2. The summed E-state index contributed by atoms with van der Waals surface area (Å²) in [7, 11) is -2.25. The molecule has 4 rings (SSSR count). The van der Waals surface area contributed by atoms with Gasteiger partial charge in [-0.15, -0.1) is 0 Å². The minimum atomic E-state index is -3.58. The van der Waals surface area contributed by atoms with Crippen molar-refractivity contribution in [1.82, 2.24) is 9.21 Å². The molecule has 0 N–H and O–H groups in total. The average molecular weight is 457 g/mol. The van der Waals surface area contributed by atoms with Gasteiger partial charge < -0.3 is 9.64 Å². The molecule has 2 aliphatic heterocycles. The molecule has 2 atom stereocenters. The Morgan fingerprint density at radius 3 is 2.12 bits per heavy atom. The first kappa shape index (κ1) is 22.5. The highest BCUT2D eigenvalue weighted by Gasteiger charge is 2.32. The van der Waals surface area contributed by atoms with Crippen molar-refractivity contribution in [3.8, 4) is 0 Å². The molecule has 0 saturated carbocycles. The van der Waals surface area contributed by atoms with Crippen LogP contribution < -0.4 is 0 Å². The number of esters is 1. The second kappa shape index (κ2) is 8.67. The SMILES string of the molecule is COC(=O)c1ccc2c(c1)CN(C(=O)c1ccc(S(=O)(=O)N3CC(C)CC(C)C3)cc1)C2. The molecule has 8 heteroatoms. The zero-order chi connectivity index (χ0) is 23.0. The maximum Gasteiger partial charge on any atom is 0.337 e. The highest BCUT2D eigenvalue weighted by Crippen LogP contribution is 2.28. The van der Waals surface area contributed by atoms with E-state index in [-0.39, 0.29) is 10.8 Å². The van der Waals surface area contributed by atoms with E-state index in [1.807, 2.05) is 6.07 Å². The highest BCUT2D eigenvalue weighted by molar-refractivity contribution is 7.89. The van der Waals surface area contributed by atoms with Gasteiger partial charge in [0, 0.05) is 31.7 Å². The van der Waals surface area contributed by atoms with Crippen LogP contribution in [-0.2, 0) is 27.8 Å². The lowest BCUT2D eigenvalue weighted by Crippen LogP contribution is -2.42. The fourth-order valence-electron chi connectivity index (χ4n) is 4.69. The van der Waals surface area contributed by atoms with E-state index in [9.17, 15) is 18.0 Å². The van der Waals surface area contributed by atoms with Crippen LogP contribution >= 0.6 is 0 Å². The van der Waals surface area contributed by atoms with Crippen LogP contribution in [0.2, 0.25) is 0 Å². The molecule has 170 valence electrons. The molecule has 0 aromatic heterocycles. The summed E-state index contributed by atoms with van der Waals surface area (Å²) >= 11 is 0. The molecule has 0 bridgehead atoms. The summed E-state index contributed by atoms with van der Waals surface area (Å²) < 4.78 is 32.5. The van der Waals surface area contributed by atoms with Gasteiger partial charge in [-0.25, -0.2) is 13.2 Å². The molecule has 1 fully saturated rings. The van der Waals surface area contributed by atoms with Gasteiger partial charge in [-0.05, 0) is 65.8 Å². The molecule has 0 spiro atoms. The van der Waals surface area contributed by atoms with E-state index in [4.69, 9.17) is 4.74 Å². The third-order valence-electron chi connectivity index (χ3n) is 6.21. The summed E-state index contributed by atoms with van der Waals surface area (Å²) in [4.78, 5) is 26.7. The predicted molar refractivity (Wildman–Crippen MR) is 120 cm³/mol. The minimum absolute atomic E-state index is 0.176. The van der Waals surface area contributed by atoms with Crippen LogP contribution in [0.5, 0.6) is 0 Å². The number of carbonyl (C=O) groups excluding carboxylic acids is 2. The van der Waals surface area contributed by atoms with Gasteiger partial charge in [0.15, 0.2) is 0 Å². The van der Waals surface area contributed by atoms with E-state index in [1.165, 1.54) is 19.2 Å². The molecular weight excluding hydrogens is 428 g/mol. The van der Waals surface area contributed by atoms with Crippen LogP contribution in [0.1, 0.15) is 52.1 Å². The Labute approximate surface area is 189 Å². The Bertz CT molecular complexity index is 1130. The molecule has 1 amide bonds. The van der Waals surface area contributed by atoms with Gasteiger partial charge in [0.25, 0.3) is 5.91 Å². The lowest BCUT2D eigenvalue weighted by molar-refractivity contribution is 0.0600. The Morgan fingerprint density at radius 1 is 0.906 bits per heavy atom. The molecule has 0 radical (unpaired) electrons.